The van der Waals surface area contributed by atoms with Crippen LogP contribution < -0.4 is 9.47 Å². The Bertz CT molecular complexity index is 1120. The van der Waals surface area contributed by atoms with Crippen LogP contribution in [0.3, 0.4) is 0 Å². The van der Waals surface area contributed by atoms with Crippen LogP contribution in [-0.2, 0) is 5.75 Å². The van der Waals surface area contributed by atoms with E-state index >= 15 is 0 Å². The number of thioether (sulfide) groups is 1. The highest BCUT2D eigenvalue weighted by atomic mass is 32.2. The average Bonchev–Trinajstić information content (AvgIpc) is 3.05. The average molecular weight is 433 g/mol. The van der Waals surface area contributed by atoms with E-state index in [1.54, 1.807) is 6.07 Å². The van der Waals surface area contributed by atoms with E-state index in [1.165, 1.54) is 37.6 Å². The van der Waals surface area contributed by atoms with Gasteiger partial charge in [-0.1, -0.05) is 17.7 Å². The van der Waals surface area contributed by atoms with E-state index in [9.17, 15) is 10.1 Å². The molecule has 2 aromatic carbocycles. The molecule has 10 heteroatoms. The molecule has 3 rings (SSSR count). The van der Waals surface area contributed by atoms with Gasteiger partial charge in [-0.15, -0.1) is 11.8 Å². The zero-order valence-electron chi connectivity index (χ0n) is 16.4. The second-order valence-corrected chi connectivity index (χ2v) is 7.69. The summed E-state index contributed by atoms with van der Waals surface area (Å²) in [6, 6.07) is 9.09. The van der Waals surface area contributed by atoms with Gasteiger partial charge in [0.2, 0.25) is 0 Å². The first-order valence-electron chi connectivity index (χ1n) is 8.62. The first-order chi connectivity index (χ1) is 13.8. The molecule has 0 bridgehead atoms. The molecular weight excluding hydrogens is 412 g/mol. The minimum absolute atomic E-state index is 0.147. The van der Waals surface area contributed by atoms with Crippen molar-refractivity contribution in [3.63, 3.8) is 0 Å². The van der Waals surface area contributed by atoms with E-state index < -0.39 is 4.92 Å². The molecule has 1 heterocycles. The third-order valence-electron chi connectivity index (χ3n) is 4.35. The Balaban J connectivity index is 1.95. The van der Waals surface area contributed by atoms with Crippen LogP contribution in [0.25, 0.3) is 5.69 Å². The van der Waals surface area contributed by atoms with Gasteiger partial charge in [0.25, 0.3) is 0 Å². The first-order valence-corrected chi connectivity index (χ1v) is 10.0. The zero-order chi connectivity index (χ0) is 21.1. The van der Waals surface area contributed by atoms with Crippen LogP contribution in [0.2, 0.25) is 0 Å². The molecule has 0 radical (unpaired) electrons. The van der Waals surface area contributed by atoms with E-state index in [1.807, 2.05) is 30.5 Å². The van der Waals surface area contributed by atoms with Crippen LogP contribution >= 0.6 is 24.0 Å². The first kappa shape index (κ1) is 20.9. The summed E-state index contributed by atoms with van der Waals surface area (Å²) in [4.78, 5) is 11.4. The monoisotopic (exact) mass is 432 g/mol. The summed E-state index contributed by atoms with van der Waals surface area (Å²) in [5, 5.41) is 18.4. The largest absolute Gasteiger partial charge is 0.495 e. The molecule has 0 unspecified atom stereocenters. The van der Waals surface area contributed by atoms with E-state index in [-0.39, 0.29) is 11.4 Å². The van der Waals surface area contributed by atoms with Crippen LogP contribution in [0.15, 0.2) is 35.2 Å². The van der Waals surface area contributed by atoms with Crippen LogP contribution in [0.5, 0.6) is 11.5 Å². The van der Waals surface area contributed by atoms with Crippen molar-refractivity contribution in [3.05, 3.63) is 62.2 Å². The maximum Gasteiger partial charge on any atom is 0.314 e. The smallest absolute Gasteiger partial charge is 0.314 e. The zero-order valence-corrected chi connectivity index (χ0v) is 18.0. The summed E-state index contributed by atoms with van der Waals surface area (Å²) >= 11 is 6.86. The van der Waals surface area contributed by atoms with Crippen molar-refractivity contribution in [2.75, 3.05) is 14.2 Å². The Morgan fingerprint density at radius 1 is 1.21 bits per heavy atom. The minimum atomic E-state index is -0.499. The Morgan fingerprint density at radius 3 is 2.55 bits per heavy atom. The highest BCUT2D eigenvalue weighted by Crippen LogP contribution is 2.40. The number of aromatic amines is 1. The quantitative estimate of drug-likeness (QED) is 0.249. The van der Waals surface area contributed by atoms with Crippen molar-refractivity contribution in [2.24, 2.45) is 0 Å². The molecule has 152 valence electrons. The van der Waals surface area contributed by atoms with Gasteiger partial charge in [0.05, 0.1) is 41.5 Å². The van der Waals surface area contributed by atoms with Crippen LogP contribution in [-0.4, -0.2) is 33.9 Å². The van der Waals surface area contributed by atoms with Crippen molar-refractivity contribution in [1.82, 2.24) is 14.8 Å². The third kappa shape index (κ3) is 4.28. The van der Waals surface area contributed by atoms with Crippen molar-refractivity contribution in [3.8, 4) is 17.2 Å². The maximum absolute atomic E-state index is 11.2. The summed E-state index contributed by atoms with van der Waals surface area (Å²) in [5.41, 5.74) is 3.06. The molecule has 29 heavy (non-hydrogen) atoms. The maximum atomic E-state index is 11.2. The lowest BCUT2D eigenvalue weighted by Crippen LogP contribution is -2.03. The summed E-state index contributed by atoms with van der Waals surface area (Å²) in [7, 11) is 2.87. The van der Waals surface area contributed by atoms with Gasteiger partial charge in [0, 0.05) is 6.07 Å². The van der Waals surface area contributed by atoms with Crippen LogP contribution in [0, 0.1) is 28.7 Å². The van der Waals surface area contributed by atoms with Crippen molar-refractivity contribution in [1.29, 1.82) is 0 Å². The molecule has 0 spiro atoms. The van der Waals surface area contributed by atoms with Gasteiger partial charge < -0.3 is 9.47 Å². The van der Waals surface area contributed by atoms with Gasteiger partial charge >= 0.3 is 5.69 Å². The number of nitrogens with zero attached hydrogens (tertiary/aromatic N) is 3. The van der Waals surface area contributed by atoms with Crippen molar-refractivity contribution >= 4 is 29.7 Å². The van der Waals surface area contributed by atoms with Crippen LogP contribution in [0.1, 0.15) is 17.0 Å². The molecular formula is C19H20N4O4S2. The fourth-order valence-corrected chi connectivity index (χ4v) is 4.18. The molecule has 3 aromatic rings. The number of rotatable bonds is 7. The van der Waals surface area contributed by atoms with E-state index in [2.05, 4.69) is 16.3 Å². The van der Waals surface area contributed by atoms with Gasteiger partial charge in [0.15, 0.2) is 10.5 Å². The Kier molecular flexibility index (Phi) is 6.23. The van der Waals surface area contributed by atoms with Crippen molar-refractivity contribution < 1.29 is 14.4 Å². The summed E-state index contributed by atoms with van der Waals surface area (Å²) in [6.07, 6.45) is 0. The lowest BCUT2D eigenvalue weighted by atomic mass is 10.1. The molecule has 1 aromatic heterocycles. The highest BCUT2D eigenvalue weighted by molar-refractivity contribution is 7.98. The molecule has 0 amide bonds. The molecule has 0 saturated carbocycles. The number of aryl methyl sites for hydroxylation is 2. The van der Waals surface area contributed by atoms with Gasteiger partial charge in [-0.05, 0) is 37.7 Å². The summed E-state index contributed by atoms with van der Waals surface area (Å²) in [6.45, 7) is 4.06. The van der Waals surface area contributed by atoms with Gasteiger partial charge in [-0.2, -0.15) is 5.10 Å². The topological polar surface area (TPSA) is 95.2 Å². The molecule has 0 saturated heterocycles. The number of nitro groups is 1. The predicted molar refractivity (Wildman–Crippen MR) is 114 cm³/mol. The van der Waals surface area contributed by atoms with E-state index in [4.69, 9.17) is 21.7 Å². The third-order valence-corrected chi connectivity index (χ3v) is 5.66. The molecule has 1 N–H and O–H groups in total. The van der Waals surface area contributed by atoms with Gasteiger partial charge in [-0.25, -0.2) is 0 Å². The number of nitrogens with one attached hydrogen (secondary N) is 1. The van der Waals surface area contributed by atoms with Gasteiger partial charge in [-0.3, -0.25) is 19.8 Å². The molecule has 0 aliphatic rings. The second kappa shape index (κ2) is 8.66. The number of ether oxygens (including phenoxy) is 2. The normalized spacial score (nSPS) is 10.8. The molecule has 8 nitrogen and oxygen atoms in total. The fourth-order valence-electron chi connectivity index (χ4n) is 2.98. The molecule has 0 fully saturated rings. The van der Waals surface area contributed by atoms with E-state index in [0.717, 1.165) is 17.1 Å². The Hall–Kier alpha value is -2.85. The standard InChI is InChI=1S/C19H20N4O4S2/c1-11-5-6-13(12(2)7-11)22-18(20-21-19(22)28)10-29-17-9-15(26-3)14(23(24)25)8-16(17)27-4/h5-9H,10H2,1-4H3,(H,21,28). The number of nitro benzene ring substituents is 1. The molecule has 0 aliphatic carbocycles. The molecule has 0 atom stereocenters. The SMILES string of the molecule is COc1cc([N+](=O)[O-])c(OC)cc1SCc1n[nH]c(=S)n1-c1ccc(C)cc1C. The Morgan fingerprint density at radius 2 is 1.93 bits per heavy atom. The summed E-state index contributed by atoms with van der Waals surface area (Å²) in [5.74, 6) is 1.77. The highest BCUT2D eigenvalue weighted by Gasteiger charge is 2.21. The number of aromatic nitrogens is 3. The lowest BCUT2D eigenvalue weighted by molar-refractivity contribution is -0.385. The lowest BCUT2D eigenvalue weighted by Gasteiger charge is -2.12. The summed E-state index contributed by atoms with van der Waals surface area (Å²) < 4.78 is 12.9. The minimum Gasteiger partial charge on any atom is -0.495 e. The molecule has 0 aliphatic heterocycles. The Labute approximate surface area is 177 Å². The second-order valence-electron chi connectivity index (χ2n) is 6.29. The van der Waals surface area contributed by atoms with Gasteiger partial charge in [0.1, 0.15) is 11.6 Å². The van der Waals surface area contributed by atoms with Crippen molar-refractivity contribution in [2.45, 2.75) is 24.5 Å². The number of hydrogen-bond donors (Lipinski definition) is 1. The number of methoxy groups -OCH3 is 2. The number of hydrogen-bond acceptors (Lipinski definition) is 7. The number of H-pyrrole nitrogens is 1. The van der Waals surface area contributed by atoms with Crippen LogP contribution in [0.4, 0.5) is 5.69 Å². The number of benzene rings is 2. The predicted octanol–water partition coefficient (Wildman–Crippen LogP) is 4.76. The fraction of sp³-hybridized carbons (Fsp3) is 0.263. The van der Waals surface area contributed by atoms with E-state index in [0.29, 0.717) is 21.2 Å².